The maximum absolute atomic E-state index is 10.9. The maximum Gasteiger partial charge on any atom is 0.196 e. The molecule has 0 radical (unpaired) electrons. The van der Waals surface area contributed by atoms with Gasteiger partial charge in [-0.15, -0.1) is 0 Å². The SMILES string of the molecule is OC[C@@]1(Cl)O[C@H](O)[C@H](O)[C@](O)(c2c[nH]c3ccccc23)[C@H]1O. The van der Waals surface area contributed by atoms with E-state index in [9.17, 15) is 25.5 Å². The second-order valence-electron chi connectivity index (χ2n) is 5.37. The van der Waals surface area contributed by atoms with Crippen LogP contribution in [0.3, 0.4) is 0 Å². The molecular formula is C14H16ClNO6. The average molecular weight is 330 g/mol. The molecule has 0 unspecified atom stereocenters. The Balaban J connectivity index is 2.20. The zero-order valence-electron chi connectivity index (χ0n) is 11.3. The van der Waals surface area contributed by atoms with Gasteiger partial charge in [0.1, 0.15) is 12.2 Å². The summed E-state index contributed by atoms with van der Waals surface area (Å²) in [5, 5.41) is 49.1. The molecule has 1 aromatic heterocycles. The molecule has 2 aromatic rings. The number of hydrogen-bond donors (Lipinski definition) is 6. The Morgan fingerprint density at radius 3 is 2.59 bits per heavy atom. The van der Waals surface area contributed by atoms with Crippen molar-refractivity contribution in [2.24, 2.45) is 0 Å². The van der Waals surface area contributed by atoms with Crippen molar-refractivity contribution < 1.29 is 30.3 Å². The molecule has 1 saturated heterocycles. The van der Waals surface area contributed by atoms with Crippen LogP contribution in [0.2, 0.25) is 0 Å². The number of rotatable bonds is 2. The topological polar surface area (TPSA) is 126 Å². The number of aliphatic hydroxyl groups is 5. The van der Waals surface area contributed by atoms with Gasteiger partial charge in [-0.2, -0.15) is 0 Å². The molecule has 7 nitrogen and oxygen atoms in total. The lowest BCUT2D eigenvalue weighted by Crippen LogP contribution is -2.68. The Morgan fingerprint density at radius 1 is 1.23 bits per heavy atom. The van der Waals surface area contributed by atoms with Crippen LogP contribution in [0.1, 0.15) is 5.56 Å². The van der Waals surface area contributed by atoms with Gasteiger partial charge in [-0.25, -0.2) is 0 Å². The molecule has 0 aliphatic carbocycles. The number of alkyl halides is 1. The van der Waals surface area contributed by atoms with Gasteiger partial charge in [0.2, 0.25) is 0 Å². The number of hydrogen-bond acceptors (Lipinski definition) is 6. The Hall–Kier alpha value is -1.19. The fourth-order valence-electron chi connectivity index (χ4n) is 2.87. The van der Waals surface area contributed by atoms with Crippen molar-refractivity contribution in [1.82, 2.24) is 4.98 Å². The third kappa shape index (κ3) is 1.99. The number of fused-ring (bicyclic) bond motifs is 1. The van der Waals surface area contributed by atoms with E-state index < -0.39 is 35.8 Å². The van der Waals surface area contributed by atoms with E-state index in [1.54, 1.807) is 24.3 Å². The normalized spacial score (nSPS) is 39.3. The molecule has 1 aliphatic heterocycles. The van der Waals surface area contributed by atoms with Crippen molar-refractivity contribution >= 4 is 22.5 Å². The van der Waals surface area contributed by atoms with Crippen LogP contribution in [-0.4, -0.2) is 60.7 Å². The summed E-state index contributed by atoms with van der Waals surface area (Å²) in [4.78, 5) is 2.90. The van der Waals surface area contributed by atoms with Gasteiger partial charge in [0.05, 0.1) is 6.61 Å². The van der Waals surface area contributed by atoms with Crippen LogP contribution in [-0.2, 0) is 10.3 Å². The highest BCUT2D eigenvalue weighted by Crippen LogP contribution is 2.45. The number of H-pyrrole nitrogens is 1. The predicted octanol–water partition coefficient (Wildman–Crippen LogP) is -0.647. The third-order valence-corrected chi connectivity index (χ3v) is 4.51. The van der Waals surface area contributed by atoms with Crippen molar-refractivity contribution in [2.45, 2.75) is 29.2 Å². The summed E-state index contributed by atoms with van der Waals surface area (Å²) in [7, 11) is 0. The number of halogens is 1. The number of para-hydroxylation sites is 1. The summed E-state index contributed by atoms with van der Waals surface area (Å²) in [6.07, 6.45) is -4.22. The van der Waals surface area contributed by atoms with Crippen molar-refractivity contribution in [2.75, 3.05) is 6.61 Å². The van der Waals surface area contributed by atoms with Crippen LogP contribution in [0, 0.1) is 0 Å². The van der Waals surface area contributed by atoms with E-state index in [1.807, 2.05) is 0 Å². The van der Waals surface area contributed by atoms with Crippen LogP contribution >= 0.6 is 11.6 Å². The predicted molar refractivity (Wildman–Crippen MR) is 77.0 cm³/mol. The van der Waals surface area contributed by atoms with E-state index in [4.69, 9.17) is 16.3 Å². The lowest BCUT2D eigenvalue weighted by atomic mass is 9.78. The van der Waals surface area contributed by atoms with Gasteiger partial charge in [0.15, 0.2) is 17.0 Å². The smallest absolute Gasteiger partial charge is 0.196 e. The average Bonchev–Trinajstić information content (AvgIpc) is 2.95. The van der Waals surface area contributed by atoms with Crippen LogP contribution in [0.25, 0.3) is 10.9 Å². The first-order chi connectivity index (χ1) is 10.3. The zero-order chi connectivity index (χ0) is 16.1. The van der Waals surface area contributed by atoms with Gasteiger partial charge in [-0.1, -0.05) is 29.8 Å². The van der Waals surface area contributed by atoms with E-state index in [0.717, 1.165) is 0 Å². The largest absolute Gasteiger partial charge is 0.392 e. The fourth-order valence-corrected chi connectivity index (χ4v) is 3.13. The second-order valence-corrected chi connectivity index (χ2v) is 6.01. The number of benzene rings is 1. The summed E-state index contributed by atoms with van der Waals surface area (Å²) >= 11 is 5.96. The van der Waals surface area contributed by atoms with Gasteiger partial charge in [0, 0.05) is 22.7 Å². The van der Waals surface area contributed by atoms with Crippen LogP contribution in [0.15, 0.2) is 30.5 Å². The summed E-state index contributed by atoms with van der Waals surface area (Å²) < 4.78 is 4.85. The van der Waals surface area contributed by atoms with E-state index in [1.165, 1.54) is 6.20 Å². The van der Waals surface area contributed by atoms with Crippen molar-refractivity contribution in [3.63, 3.8) is 0 Å². The number of aliphatic hydroxyl groups excluding tert-OH is 4. The molecule has 0 saturated carbocycles. The molecule has 0 amide bonds. The Bertz CT molecular complexity index is 693. The fraction of sp³-hybridized carbons (Fsp3) is 0.429. The highest BCUT2D eigenvalue weighted by molar-refractivity contribution is 6.23. The second kappa shape index (κ2) is 5.17. The van der Waals surface area contributed by atoms with Crippen LogP contribution < -0.4 is 0 Å². The van der Waals surface area contributed by atoms with E-state index in [-0.39, 0.29) is 5.56 Å². The minimum absolute atomic E-state index is 0.143. The maximum atomic E-state index is 10.9. The van der Waals surface area contributed by atoms with E-state index in [0.29, 0.717) is 10.9 Å². The lowest BCUT2D eigenvalue weighted by molar-refractivity contribution is -0.338. The van der Waals surface area contributed by atoms with Gasteiger partial charge < -0.3 is 35.3 Å². The van der Waals surface area contributed by atoms with Gasteiger partial charge in [-0.05, 0) is 6.07 Å². The number of aromatic amines is 1. The molecule has 0 spiro atoms. The Morgan fingerprint density at radius 2 is 1.91 bits per heavy atom. The highest BCUT2D eigenvalue weighted by Gasteiger charge is 2.62. The number of aromatic nitrogens is 1. The quantitative estimate of drug-likeness (QED) is 0.407. The zero-order valence-corrected chi connectivity index (χ0v) is 12.1. The molecule has 22 heavy (non-hydrogen) atoms. The first-order valence-corrected chi connectivity index (χ1v) is 7.03. The highest BCUT2D eigenvalue weighted by atomic mass is 35.5. The molecular weight excluding hydrogens is 314 g/mol. The molecule has 8 heteroatoms. The summed E-state index contributed by atoms with van der Waals surface area (Å²) in [6.45, 7) is -0.871. The van der Waals surface area contributed by atoms with E-state index >= 15 is 0 Å². The molecule has 6 N–H and O–H groups in total. The molecule has 1 aromatic carbocycles. The minimum Gasteiger partial charge on any atom is -0.392 e. The van der Waals surface area contributed by atoms with Crippen molar-refractivity contribution in [1.29, 1.82) is 0 Å². The molecule has 0 bridgehead atoms. The lowest BCUT2D eigenvalue weighted by Gasteiger charge is -2.49. The molecule has 1 fully saturated rings. The first-order valence-electron chi connectivity index (χ1n) is 6.65. The van der Waals surface area contributed by atoms with Crippen molar-refractivity contribution in [3.05, 3.63) is 36.0 Å². The molecule has 120 valence electrons. The van der Waals surface area contributed by atoms with Gasteiger partial charge >= 0.3 is 0 Å². The summed E-state index contributed by atoms with van der Waals surface area (Å²) in [5.74, 6) is 0. The first kappa shape index (κ1) is 15.7. The number of nitrogens with one attached hydrogen (secondary N) is 1. The van der Waals surface area contributed by atoms with Gasteiger partial charge in [0.25, 0.3) is 0 Å². The van der Waals surface area contributed by atoms with Crippen LogP contribution in [0.5, 0.6) is 0 Å². The number of ether oxygens (including phenoxy) is 1. The monoisotopic (exact) mass is 329 g/mol. The molecule has 5 atom stereocenters. The van der Waals surface area contributed by atoms with Crippen LogP contribution in [0.4, 0.5) is 0 Å². The third-order valence-electron chi connectivity index (χ3n) is 4.10. The minimum atomic E-state index is -2.33. The van der Waals surface area contributed by atoms with Gasteiger partial charge in [-0.3, -0.25) is 0 Å². The standard InChI is InChI=1S/C14H16ClNO6/c15-13(6-17)12(20)14(21,10(18)11(19)22-13)8-5-16-9-4-2-1-3-7(8)9/h1-5,10-12,16-21H,6H2/t10-,11-,12-,13+,14+/m0/s1. The summed E-state index contributed by atoms with van der Waals surface area (Å²) in [5.41, 5.74) is -1.53. The Kier molecular flexibility index (Phi) is 3.69. The molecule has 1 aliphatic rings. The molecule has 2 heterocycles. The van der Waals surface area contributed by atoms with Crippen molar-refractivity contribution in [3.8, 4) is 0 Å². The Labute approximate surface area is 130 Å². The summed E-state index contributed by atoms with van der Waals surface area (Å²) in [6, 6.07) is 6.92. The molecule has 3 rings (SSSR count). The van der Waals surface area contributed by atoms with E-state index in [2.05, 4.69) is 4.98 Å².